The molecule has 166 valence electrons. The van der Waals surface area contributed by atoms with Gasteiger partial charge in [0.2, 0.25) is 0 Å². The summed E-state index contributed by atoms with van der Waals surface area (Å²) in [6.45, 7) is 0.893. The van der Waals surface area contributed by atoms with Crippen molar-refractivity contribution in [2.24, 2.45) is 5.92 Å². The van der Waals surface area contributed by atoms with Crippen molar-refractivity contribution in [3.63, 3.8) is 0 Å². The van der Waals surface area contributed by atoms with Crippen molar-refractivity contribution in [3.8, 4) is 0 Å². The van der Waals surface area contributed by atoms with Gasteiger partial charge in [-0.1, -0.05) is 12.2 Å². The fourth-order valence-corrected chi connectivity index (χ4v) is 4.21. The summed E-state index contributed by atoms with van der Waals surface area (Å²) in [6.07, 6.45) is 2.65. The first-order valence-corrected chi connectivity index (χ1v) is 11.4. The lowest BCUT2D eigenvalue weighted by molar-refractivity contribution is -0.136. The average Bonchev–Trinajstić information content (AvgIpc) is 3.16. The monoisotopic (exact) mass is 460 g/mol. The molecule has 2 rings (SSSR count). The molecule has 1 fully saturated rings. The van der Waals surface area contributed by atoms with Gasteiger partial charge in [-0.2, -0.15) is 0 Å². The van der Waals surface area contributed by atoms with Gasteiger partial charge < -0.3 is 19.7 Å². The highest BCUT2D eigenvalue weighted by molar-refractivity contribution is 7.80. The Labute approximate surface area is 182 Å². The molecule has 2 aliphatic heterocycles. The molecule has 0 saturated carbocycles. The van der Waals surface area contributed by atoms with Crippen LogP contribution < -0.4 is 5.32 Å². The molecule has 0 bridgehead atoms. The summed E-state index contributed by atoms with van der Waals surface area (Å²) in [5.74, 6) is -1.03. The van der Waals surface area contributed by atoms with E-state index in [2.05, 4.69) is 9.84 Å². The highest BCUT2D eigenvalue weighted by Crippen LogP contribution is 2.48. The van der Waals surface area contributed by atoms with Crippen molar-refractivity contribution >= 4 is 44.7 Å². The zero-order valence-corrected chi connectivity index (χ0v) is 18.6. The minimum atomic E-state index is -4.22. The maximum Gasteiger partial charge on any atom is 0.472 e. The van der Waals surface area contributed by atoms with E-state index in [1.54, 1.807) is 0 Å². The summed E-state index contributed by atoms with van der Waals surface area (Å²) in [6, 6.07) is -0.682. The normalized spacial score (nSPS) is 28.2. The molecule has 1 saturated heterocycles. The fourth-order valence-electron chi connectivity index (χ4n) is 3.33. The van der Waals surface area contributed by atoms with Crippen molar-refractivity contribution in [1.29, 1.82) is 0 Å². The van der Waals surface area contributed by atoms with Gasteiger partial charge in [0.25, 0.3) is 11.8 Å². The van der Waals surface area contributed by atoms with Gasteiger partial charge in [-0.15, -0.1) is 0 Å². The average molecular weight is 460 g/mol. The van der Waals surface area contributed by atoms with Crippen LogP contribution in [0.2, 0.25) is 0 Å². The number of nitrogens with one attached hydrogen (secondary N) is 1. The van der Waals surface area contributed by atoms with E-state index in [1.807, 2.05) is 0 Å². The first-order valence-electron chi connectivity index (χ1n) is 9.45. The van der Waals surface area contributed by atoms with Crippen LogP contribution in [0.5, 0.6) is 0 Å². The molecule has 5 atom stereocenters. The number of phosphoric acid groups is 1. The van der Waals surface area contributed by atoms with E-state index in [0.717, 1.165) is 12.0 Å². The van der Waals surface area contributed by atoms with Gasteiger partial charge in [0.15, 0.2) is 0 Å². The van der Waals surface area contributed by atoms with Gasteiger partial charge >= 0.3 is 7.82 Å². The molecule has 2 aliphatic rings. The topological polar surface area (TPSA) is 124 Å². The van der Waals surface area contributed by atoms with E-state index < -0.39 is 26.0 Å². The van der Waals surface area contributed by atoms with Crippen LogP contribution in [-0.4, -0.2) is 86.6 Å². The number of amides is 2. The van der Waals surface area contributed by atoms with Gasteiger partial charge in [0, 0.05) is 57.8 Å². The Bertz CT molecular complexity index is 706. The summed E-state index contributed by atoms with van der Waals surface area (Å²) >= 11 is 5.24. The summed E-state index contributed by atoms with van der Waals surface area (Å²) in [5, 5.41) is 3.07. The molecule has 0 aliphatic carbocycles. The van der Waals surface area contributed by atoms with Gasteiger partial charge in [-0.3, -0.25) is 23.5 Å². The molecule has 2 N–H and O–H groups in total. The Hall–Kier alpha value is -1.14. The Morgan fingerprint density at radius 3 is 2.63 bits per heavy atom. The van der Waals surface area contributed by atoms with Crippen molar-refractivity contribution in [2.45, 2.75) is 37.5 Å². The van der Waals surface area contributed by atoms with Crippen molar-refractivity contribution in [1.82, 2.24) is 10.2 Å². The lowest BCUT2D eigenvalue weighted by Crippen LogP contribution is -2.35. The van der Waals surface area contributed by atoms with Crippen LogP contribution >= 0.6 is 20.0 Å². The third-order valence-electron chi connectivity index (χ3n) is 4.86. The van der Waals surface area contributed by atoms with Crippen LogP contribution in [-0.2, 0) is 32.7 Å². The van der Waals surface area contributed by atoms with Crippen LogP contribution in [0.3, 0.4) is 0 Å². The molecule has 30 heavy (non-hydrogen) atoms. The number of carbonyl (C=O) groups excluding carboxylic acids is 2. The number of thiocarbonyl (C=S) groups is 1. The highest BCUT2D eigenvalue weighted by atomic mass is 32.1. The number of hydrogen-bond donors (Lipinski definition) is 2. The molecular formula is C17H26BN2O8PS. The molecule has 2 unspecified atom stereocenters. The second-order valence-corrected chi connectivity index (χ2v) is 8.89. The van der Waals surface area contributed by atoms with E-state index in [4.69, 9.17) is 34.1 Å². The quantitative estimate of drug-likeness (QED) is 0.138. The number of imide groups is 1. The zero-order chi connectivity index (χ0) is 22.3. The number of carbonyl (C=O) groups is 2. The molecule has 0 aromatic carbocycles. The number of rotatable bonds is 12. The van der Waals surface area contributed by atoms with Crippen LogP contribution in [0.15, 0.2) is 12.2 Å². The molecule has 2 amide bonds. The molecule has 2 radical (unpaired) electrons. The molecule has 0 spiro atoms. The van der Waals surface area contributed by atoms with Gasteiger partial charge in [-0.25, -0.2) is 4.57 Å². The third kappa shape index (κ3) is 6.95. The van der Waals surface area contributed by atoms with Crippen molar-refractivity contribution < 1.29 is 37.6 Å². The number of phosphoric ester groups is 1. The maximum absolute atomic E-state index is 11.9. The van der Waals surface area contributed by atoms with Crippen molar-refractivity contribution in [3.05, 3.63) is 12.2 Å². The SMILES string of the molecule is [B][C@@H]1O[C@H](COC)C(OP(=O)(O)OC)[C@@H]1CCCNC(=S)CCN1C(=O)C=CC1=O. The minimum Gasteiger partial charge on any atom is -0.382 e. The van der Waals surface area contributed by atoms with E-state index in [1.165, 1.54) is 19.3 Å². The van der Waals surface area contributed by atoms with Crippen LogP contribution in [0.1, 0.15) is 19.3 Å². The summed E-state index contributed by atoms with van der Waals surface area (Å²) in [4.78, 5) is 34.4. The Morgan fingerprint density at radius 1 is 1.37 bits per heavy atom. The first-order chi connectivity index (χ1) is 14.2. The third-order valence-corrected chi connectivity index (χ3v) is 6.18. The van der Waals surface area contributed by atoms with Gasteiger partial charge in [-0.05, 0) is 12.8 Å². The number of hydrogen-bond acceptors (Lipinski definition) is 8. The van der Waals surface area contributed by atoms with Crippen LogP contribution in [0, 0.1) is 5.92 Å². The smallest absolute Gasteiger partial charge is 0.382 e. The Kier molecular flexibility index (Phi) is 9.61. The Morgan fingerprint density at radius 2 is 2.03 bits per heavy atom. The number of ether oxygens (including phenoxy) is 2. The first kappa shape index (κ1) is 25.1. The van der Waals surface area contributed by atoms with Crippen LogP contribution in [0.25, 0.3) is 0 Å². The second kappa shape index (κ2) is 11.5. The predicted octanol–water partition coefficient (Wildman–Crippen LogP) is 0.287. The molecule has 2 heterocycles. The van der Waals surface area contributed by atoms with E-state index >= 15 is 0 Å². The summed E-state index contributed by atoms with van der Waals surface area (Å²) in [7, 11) is 4.39. The number of nitrogens with zero attached hydrogens (tertiary/aromatic N) is 1. The van der Waals surface area contributed by atoms with Crippen LogP contribution in [0.4, 0.5) is 0 Å². The zero-order valence-electron chi connectivity index (χ0n) is 16.9. The standard InChI is InChI=1S/C17H26BN2O8PS/c1-25-10-12-16(28-29(23,24)26-2)11(17(18)27-12)4-3-8-19-13(30)7-9-20-14(21)5-6-15(20)22/h5-6,11-12,16-17H,3-4,7-10H2,1-2H3,(H,19,30)(H,23,24)/t11-,12+,16?,17+/m0/s1. The lowest BCUT2D eigenvalue weighted by Gasteiger charge is -2.25. The molecule has 0 aromatic rings. The van der Waals surface area contributed by atoms with Gasteiger partial charge in [0.05, 0.1) is 11.6 Å². The van der Waals surface area contributed by atoms with Gasteiger partial charge in [0.1, 0.15) is 20.1 Å². The Balaban J connectivity index is 1.78. The molecule has 13 heteroatoms. The fraction of sp³-hybridized carbons (Fsp3) is 0.706. The van der Waals surface area contributed by atoms with E-state index in [-0.39, 0.29) is 30.9 Å². The maximum atomic E-state index is 11.9. The summed E-state index contributed by atoms with van der Waals surface area (Å²) in [5.41, 5.74) is 0. The second-order valence-electron chi connectivity index (χ2n) is 6.88. The van der Waals surface area contributed by atoms with Crippen molar-refractivity contribution in [2.75, 3.05) is 33.9 Å². The summed E-state index contributed by atoms with van der Waals surface area (Å²) < 4.78 is 32.4. The lowest BCUT2D eigenvalue weighted by atomic mass is 9.82. The molecule has 0 aromatic heterocycles. The molecule has 10 nitrogen and oxygen atoms in total. The largest absolute Gasteiger partial charge is 0.472 e. The minimum absolute atomic E-state index is 0.156. The number of methoxy groups -OCH3 is 1. The predicted molar refractivity (Wildman–Crippen MR) is 112 cm³/mol. The highest BCUT2D eigenvalue weighted by Gasteiger charge is 2.45. The molecular weight excluding hydrogens is 434 g/mol. The van der Waals surface area contributed by atoms with E-state index in [9.17, 15) is 19.0 Å². The van der Waals surface area contributed by atoms with E-state index in [0.29, 0.717) is 30.8 Å².